The fraction of sp³-hybridized carbons (Fsp3) is 0.923. The van der Waals surface area contributed by atoms with Crippen molar-refractivity contribution < 1.29 is 4.79 Å². The number of carbonyl (C=O) groups is 1. The number of amides is 1. The van der Waals surface area contributed by atoms with Gasteiger partial charge in [-0.3, -0.25) is 4.79 Å². The number of nitrogens with two attached hydrogens (primary N) is 1. The summed E-state index contributed by atoms with van der Waals surface area (Å²) in [6.07, 6.45) is 7.27. The van der Waals surface area contributed by atoms with Gasteiger partial charge in [-0.2, -0.15) is 0 Å². The first kappa shape index (κ1) is 15.8. The van der Waals surface area contributed by atoms with Gasteiger partial charge in [0.05, 0.1) is 5.54 Å². The molecule has 0 aliphatic heterocycles. The number of primary amides is 1. The highest BCUT2D eigenvalue weighted by molar-refractivity contribution is 5.84. The first-order valence-electron chi connectivity index (χ1n) is 7.20. The number of nitrogens with one attached hydrogen (secondary N) is 1. The van der Waals surface area contributed by atoms with Crippen LogP contribution in [0.3, 0.4) is 0 Å². The van der Waals surface area contributed by atoms with Gasteiger partial charge in [0.2, 0.25) is 5.91 Å². The molecule has 6 heteroatoms. The molecule has 6 nitrogen and oxygen atoms in total. The molecule has 2 unspecified atom stereocenters. The second-order valence-electron chi connectivity index (χ2n) is 5.41. The standard InChI is InChI=1S/C13H25N5O/c1-2-4-11-5-3-7-13(8-6-11,12(14)19)16-9-10-17-18-15/h11,16H,2-10H2,1H3,(H2,14,19). The average Bonchev–Trinajstić information content (AvgIpc) is 2.59. The Bertz CT molecular complexity index is 340. The molecule has 19 heavy (non-hydrogen) atoms. The van der Waals surface area contributed by atoms with Gasteiger partial charge in [-0.15, -0.1) is 0 Å². The van der Waals surface area contributed by atoms with E-state index in [2.05, 4.69) is 22.3 Å². The van der Waals surface area contributed by atoms with E-state index in [4.69, 9.17) is 11.3 Å². The summed E-state index contributed by atoms with van der Waals surface area (Å²) < 4.78 is 0. The Balaban J connectivity index is 2.60. The third-order valence-electron chi connectivity index (χ3n) is 4.10. The second-order valence-corrected chi connectivity index (χ2v) is 5.41. The van der Waals surface area contributed by atoms with Crippen LogP contribution in [0.5, 0.6) is 0 Å². The van der Waals surface area contributed by atoms with Crippen LogP contribution in [-0.4, -0.2) is 24.5 Å². The van der Waals surface area contributed by atoms with Crippen LogP contribution in [0.2, 0.25) is 0 Å². The van der Waals surface area contributed by atoms with Crippen molar-refractivity contribution in [3.63, 3.8) is 0 Å². The van der Waals surface area contributed by atoms with Crippen molar-refractivity contribution in [1.82, 2.24) is 5.32 Å². The summed E-state index contributed by atoms with van der Waals surface area (Å²) in [6, 6.07) is 0. The van der Waals surface area contributed by atoms with Crippen molar-refractivity contribution >= 4 is 5.91 Å². The molecule has 0 spiro atoms. The monoisotopic (exact) mass is 267 g/mol. The van der Waals surface area contributed by atoms with Crippen LogP contribution in [0.25, 0.3) is 10.4 Å². The van der Waals surface area contributed by atoms with Gasteiger partial charge in [0.25, 0.3) is 0 Å². The second kappa shape index (κ2) is 8.02. The highest BCUT2D eigenvalue weighted by atomic mass is 16.1. The zero-order valence-electron chi connectivity index (χ0n) is 11.8. The lowest BCUT2D eigenvalue weighted by Crippen LogP contribution is -2.55. The fourth-order valence-corrected chi connectivity index (χ4v) is 3.01. The zero-order chi connectivity index (χ0) is 14.1. The van der Waals surface area contributed by atoms with Crippen LogP contribution in [-0.2, 0) is 4.79 Å². The summed E-state index contributed by atoms with van der Waals surface area (Å²) >= 11 is 0. The molecule has 0 heterocycles. The topological polar surface area (TPSA) is 104 Å². The Kier molecular flexibility index (Phi) is 6.67. The van der Waals surface area contributed by atoms with Gasteiger partial charge in [0, 0.05) is 18.0 Å². The van der Waals surface area contributed by atoms with Crippen LogP contribution in [0, 0.1) is 5.92 Å². The minimum atomic E-state index is -0.604. The van der Waals surface area contributed by atoms with Crippen molar-refractivity contribution in [3.8, 4) is 0 Å². The third-order valence-corrected chi connectivity index (χ3v) is 4.10. The van der Waals surface area contributed by atoms with Crippen LogP contribution in [0.4, 0.5) is 0 Å². The van der Waals surface area contributed by atoms with Crippen molar-refractivity contribution in [2.24, 2.45) is 16.8 Å². The van der Waals surface area contributed by atoms with Gasteiger partial charge < -0.3 is 11.1 Å². The van der Waals surface area contributed by atoms with E-state index in [-0.39, 0.29) is 5.91 Å². The number of hydrogen-bond acceptors (Lipinski definition) is 3. The Morgan fingerprint density at radius 1 is 1.53 bits per heavy atom. The van der Waals surface area contributed by atoms with E-state index < -0.39 is 5.54 Å². The molecule has 0 bridgehead atoms. The fourth-order valence-electron chi connectivity index (χ4n) is 3.01. The van der Waals surface area contributed by atoms with Crippen molar-refractivity contribution in [2.75, 3.05) is 13.1 Å². The van der Waals surface area contributed by atoms with Crippen molar-refractivity contribution in [2.45, 2.75) is 57.4 Å². The number of azide groups is 1. The number of rotatable bonds is 7. The maximum Gasteiger partial charge on any atom is 0.237 e. The molecular weight excluding hydrogens is 242 g/mol. The maximum absolute atomic E-state index is 11.8. The molecule has 1 amide bonds. The summed E-state index contributed by atoms with van der Waals surface area (Å²) in [4.78, 5) is 14.5. The van der Waals surface area contributed by atoms with E-state index in [9.17, 15) is 4.79 Å². The Morgan fingerprint density at radius 2 is 2.32 bits per heavy atom. The molecule has 3 N–H and O–H groups in total. The summed E-state index contributed by atoms with van der Waals surface area (Å²) in [6.45, 7) is 3.06. The third kappa shape index (κ3) is 4.73. The van der Waals surface area contributed by atoms with Gasteiger partial charge in [-0.25, -0.2) is 0 Å². The number of nitrogens with zero attached hydrogens (tertiary/aromatic N) is 3. The molecule has 0 radical (unpaired) electrons. The van der Waals surface area contributed by atoms with E-state index in [1.165, 1.54) is 19.3 Å². The maximum atomic E-state index is 11.8. The van der Waals surface area contributed by atoms with Gasteiger partial charge in [0.1, 0.15) is 0 Å². The summed E-state index contributed by atoms with van der Waals surface area (Å²) in [7, 11) is 0. The Labute approximate surface area is 114 Å². The van der Waals surface area contributed by atoms with Gasteiger partial charge >= 0.3 is 0 Å². The summed E-state index contributed by atoms with van der Waals surface area (Å²) in [5, 5.41) is 6.71. The number of hydrogen-bond donors (Lipinski definition) is 2. The average molecular weight is 267 g/mol. The SMILES string of the molecule is CCCC1CCCC(NCCN=[N+]=[N-])(C(N)=O)CC1. The van der Waals surface area contributed by atoms with E-state index in [1.807, 2.05) is 0 Å². The Morgan fingerprint density at radius 3 is 2.95 bits per heavy atom. The molecule has 1 saturated carbocycles. The highest BCUT2D eigenvalue weighted by Crippen LogP contribution is 2.32. The van der Waals surface area contributed by atoms with E-state index in [1.54, 1.807) is 0 Å². The van der Waals surface area contributed by atoms with Crippen molar-refractivity contribution in [1.29, 1.82) is 0 Å². The molecule has 0 aromatic carbocycles. The van der Waals surface area contributed by atoms with E-state index in [0.717, 1.165) is 25.7 Å². The van der Waals surface area contributed by atoms with Crippen molar-refractivity contribution in [3.05, 3.63) is 10.4 Å². The lowest BCUT2D eigenvalue weighted by atomic mass is 9.88. The quantitative estimate of drug-likeness (QED) is 0.243. The normalized spacial score (nSPS) is 27.3. The van der Waals surface area contributed by atoms with Crippen LogP contribution >= 0.6 is 0 Å². The number of carbonyl (C=O) groups excluding carboxylic acids is 1. The molecule has 1 rings (SSSR count). The van der Waals surface area contributed by atoms with E-state index >= 15 is 0 Å². The van der Waals surface area contributed by atoms with E-state index in [0.29, 0.717) is 19.0 Å². The smallest absolute Gasteiger partial charge is 0.237 e. The predicted molar refractivity (Wildman–Crippen MR) is 75.4 cm³/mol. The molecule has 1 aliphatic carbocycles. The summed E-state index contributed by atoms with van der Waals surface area (Å²) in [5.41, 5.74) is 13.3. The molecule has 0 aromatic heterocycles. The lowest BCUT2D eigenvalue weighted by Gasteiger charge is -2.30. The first-order chi connectivity index (χ1) is 9.14. The van der Waals surface area contributed by atoms with Crippen LogP contribution in [0.1, 0.15) is 51.9 Å². The first-order valence-corrected chi connectivity index (χ1v) is 7.20. The van der Waals surface area contributed by atoms with Gasteiger partial charge in [-0.1, -0.05) is 37.7 Å². The van der Waals surface area contributed by atoms with Gasteiger partial charge in [-0.05, 0) is 30.7 Å². The van der Waals surface area contributed by atoms with Crippen LogP contribution < -0.4 is 11.1 Å². The molecule has 0 aromatic rings. The Hall–Kier alpha value is -1.26. The van der Waals surface area contributed by atoms with Gasteiger partial charge in [0.15, 0.2) is 0 Å². The zero-order valence-corrected chi connectivity index (χ0v) is 11.8. The highest BCUT2D eigenvalue weighted by Gasteiger charge is 2.37. The predicted octanol–water partition coefficient (Wildman–Crippen LogP) is 2.49. The molecule has 108 valence electrons. The van der Waals surface area contributed by atoms with Crippen LogP contribution in [0.15, 0.2) is 5.11 Å². The minimum absolute atomic E-state index is 0.273. The molecule has 1 aliphatic rings. The molecular formula is C13H25N5O. The minimum Gasteiger partial charge on any atom is -0.368 e. The largest absolute Gasteiger partial charge is 0.368 e. The summed E-state index contributed by atoms with van der Waals surface area (Å²) in [5.74, 6) is 0.441. The molecule has 2 atom stereocenters. The lowest BCUT2D eigenvalue weighted by molar-refractivity contribution is -0.125. The molecule has 1 fully saturated rings. The molecule has 0 saturated heterocycles.